The van der Waals surface area contributed by atoms with Gasteiger partial charge in [0.05, 0.1) is 16.8 Å². The molecule has 5 nitrogen and oxygen atoms in total. The predicted octanol–water partition coefficient (Wildman–Crippen LogP) is 5.65. The molecule has 3 heterocycles. The van der Waals surface area contributed by atoms with Crippen LogP contribution in [-0.2, 0) is 6.42 Å². The Morgan fingerprint density at radius 1 is 1.23 bits per heavy atom. The number of carbonyl (C=O) groups excluding carboxylic acids is 1. The van der Waals surface area contributed by atoms with Crippen molar-refractivity contribution in [2.75, 3.05) is 6.54 Å². The van der Waals surface area contributed by atoms with Crippen molar-refractivity contribution in [2.45, 2.75) is 45.1 Å². The normalized spacial score (nSPS) is 16.4. The molecule has 3 aromatic rings. The number of nitrogens with zero attached hydrogens (tertiary/aromatic N) is 4. The number of aryl methyl sites for hydroxylation is 1. The first-order valence-electron chi connectivity index (χ1n) is 10.6. The van der Waals surface area contributed by atoms with Crippen LogP contribution in [0.3, 0.4) is 0 Å². The van der Waals surface area contributed by atoms with E-state index in [2.05, 4.69) is 16.9 Å². The zero-order chi connectivity index (χ0) is 21.8. The van der Waals surface area contributed by atoms with Gasteiger partial charge in [0.15, 0.2) is 0 Å². The fraction of sp³-hybridized carbons (Fsp3) is 0.333. The van der Waals surface area contributed by atoms with E-state index in [1.165, 1.54) is 18.2 Å². The summed E-state index contributed by atoms with van der Waals surface area (Å²) in [6.45, 7) is 2.70. The Bertz CT molecular complexity index is 1080. The molecule has 1 fully saturated rings. The predicted molar refractivity (Wildman–Crippen MR) is 118 cm³/mol. The number of halogens is 2. The number of rotatable bonds is 5. The molecule has 31 heavy (non-hydrogen) atoms. The summed E-state index contributed by atoms with van der Waals surface area (Å²) in [7, 11) is 0. The molecule has 0 saturated carbocycles. The van der Waals surface area contributed by atoms with Crippen LogP contribution in [0.2, 0.25) is 5.02 Å². The van der Waals surface area contributed by atoms with Crippen LogP contribution in [0.5, 0.6) is 0 Å². The lowest BCUT2D eigenvalue weighted by Gasteiger charge is -2.36. The van der Waals surface area contributed by atoms with Gasteiger partial charge in [-0.1, -0.05) is 18.5 Å². The first-order valence-corrected chi connectivity index (χ1v) is 11.0. The van der Waals surface area contributed by atoms with Gasteiger partial charge in [0.25, 0.3) is 5.91 Å². The molecule has 1 aliphatic rings. The minimum Gasteiger partial charge on any atom is -0.330 e. The minimum absolute atomic E-state index is 0.0517. The standard InChI is InChI=1S/C24H24ClFN4O/c1-2-5-22-28-15-18(16-9-11-27-12-10-16)23(29-22)21-6-3-4-13-30(21)24(31)17-7-8-20(26)19(25)14-17/h7-12,14-15,21H,2-6,13H2,1H3/t21-/m0/s1. The zero-order valence-corrected chi connectivity index (χ0v) is 18.1. The second kappa shape index (κ2) is 9.52. The Hall–Kier alpha value is -2.86. The van der Waals surface area contributed by atoms with Crippen LogP contribution >= 0.6 is 11.6 Å². The Labute approximate surface area is 186 Å². The van der Waals surface area contributed by atoms with Gasteiger partial charge in [-0.2, -0.15) is 0 Å². The van der Waals surface area contributed by atoms with Crippen LogP contribution in [-0.4, -0.2) is 32.3 Å². The quantitative estimate of drug-likeness (QED) is 0.516. The van der Waals surface area contributed by atoms with E-state index in [4.69, 9.17) is 16.6 Å². The Kier molecular flexibility index (Phi) is 6.56. The van der Waals surface area contributed by atoms with E-state index < -0.39 is 5.82 Å². The number of pyridine rings is 1. The highest BCUT2D eigenvalue weighted by molar-refractivity contribution is 6.31. The highest BCUT2D eigenvalue weighted by Gasteiger charge is 2.32. The third-order valence-electron chi connectivity index (χ3n) is 5.58. The molecule has 0 bridgehead atoms. The van der Waals surface area contributed by atoms with Crippen LogP contribution < -0.4 is 0 Å². The van der Waals surface area contributed by atoms with Crippen LogP contribution in [0.4, 0.5) is 4.39 Å². The maximum Gasteiger partial charge on any atom is 0.254 e. The van der Waals surface area contributed by atoms with Gasteiger partial charge in [-0.15, -0.1) is 0 Å². The maximum atomic E-state index is 13.6. The molecule has 0 aliphatic carbocycles. The van der Waals surface area contributed by atoms with Gasteiger partial charge in [0.1, 0.15) is 11.6 Å². The van der Waals surface area contributed by atoms with Crippen LogP contribution in [0.1, 0.15) is 60.5 Å². The van der Waals surface area contributed by atoms with Gasteiger partial charge < -0.3 is 4.90 Å². The second-order valence-corrected chi connectivity index (χ2v) is 8.12. The molecule has 1 aliphatic heterocycles. The number of benzene rings is 1. The molecule has 1 atom stereocenters. The Balaban J connectivity index is 1.77. The summed E-state index contributed by atoms with van der Waals surface area (Å²) < 4.78 is 13.6. The molecule has 1 saturated heterocycles. The van der Waals surface area contributed by atoms with E-state index in [1.807, 2.05) is 23.2 Å². The van der Waals surface area contributed by atoms with E-state index in [0.29, 0.717) is 12.1 Å². The molecule has 0 N–H and O–H groups in total. The third-order valence-corrected chi connectivity index (χ3v) is 5.87. The summed E-state index contributed by atoms with van der Waals surface area (Å²) in [5, 5.41) is -0.0517. The highest BCUT2D eigenvalue weighted by Crippen LogP contribution is 2.36. The van der Waals surface area contributed by atoms with Gasteiger partial charge >= 0.3 is 0 Å². The van der Waals surface area contributed by atoms with Gasteiger partial charge in [-0.25, -0.2) is 14.4 Å². The van der Waals surface area contributed by atoms with Crippen molar-refractivity contribution in [1.29, 1.82) is 0 Å². The van der Waals surface area contributed by atoms with Crippen molar-refractivity contribution in [3.05, 3.63) is 76.8 Å². The number of likely N-dealkylation sites (tertiary alicyclic amines) is 1. The van der Waals surface area contributed by atoms with Crippen LogP contribution in [0.15, 0.2) is 48.9 Å². The first-order chi connectivity index (χ1) is 15.1. The van der Waals surface area contributed by atoms with Gasteiger partial charge in [0.2, 0.25) is 0 Å². The van der Waals surface area contributed by atoms with Crippen molar-refractivity contribution in [1.82, 2.24) is 19.9 Å². The van der Waals surface area contributed by atoms with Crippen molar-refractivity contribution in [2.24, 2.45) is 0 Å². The molecule has 160 valence electrons. The van der Waals surface area contributed by atoms with E-state index in [9.17, 15) is 9.18 Å². The second-order valence-electron chi connectivity index (χ2n) is 7.71. The summed E-state index contributed by atoms with van der Waals surface area (Å²) in [4.78, 5) is 28.8. The largest absolute Gasteiger partial charge is 0.330 e. The summed E-state index contributed by atoms with van der Waals surface area (Å²) in [6, 6.07) is 7.79. The molecule has 0 spiro atoms. The van der Waals surface area contributed by atoms with Crippen LogP contribution in [0, 0.1) is 5.82 Å². The highest BCUT2D eigenvalue weighted by atomic mass is 35.5. The number of hydrogen-bond donors (Lipinski definition) is 0. The van der Waals surface area contributed by atoms with Crippen molar-refractivity contribution in [3.63, 3.8) is 0 Å². The molecule has 1 aromatic carbocycles. The Morgan fingerprint density at radius 2 is 2.03 bits per heavy atom. The fourth-order valence-corrected chi connectivity index (χ4v) is 4.22. The van der Waals surface area contributed by atoms with Crippen molar-refractivity contribution < 1.29 is 9.18 Å². The third kappa shape index (κ3) is 4.59. The topological polar surface area (TPSA) is 59.0 Å². The molecule has 7 heteroatoms. The summed E-state index contributed by atoms with van der Waals surface area (Å²) in [6.07, 6.45) is 9.77. The monoisotopic (exact) mass is 438 g/mol. The minimum atomic E-state index is -0.534. The first kappa shape index (κ1) is 21.4. The molecular weight excluding hydrogens is 415 g/mol. The zero-order valence-electron chi connectivity index (χ0n) is 17.4. The lowest BCUT2D eigenvalue weighted by molar-refractivity contribution is 0.0606. The average molecular weight is 439 g/mol. The Morgan fingerprint density at radius 3 is 2.77 bits per heavy atom. The lowest BCUT2D eigenvalue weighted by atomic mass is 9.93. The molecule has 4 rings (SSSR count). The van der Waals surface area contributed by atoms with E-state index >= 15 is 0 Å². The van der Waals surface area contributed by atoms with E-state index in [0.717, 1.165) is 54.7 Å². The summed E-state index contributed by atoms with van der Waals surface area (Å²) in [5.74, 6) is 0.0782. The van der Waals surface area contributed by atoms with E-state index in [1.54, 1.807) is 12.4 Å². The van der Waals surface area contributed by atoms with Gasteiger partial charge in [-0.3, -0.25) is 9.78 Å². The number of amides is 1. The molecule has 2 aromatic heterocycles. The smallest absolute Gasteiger partial charge is 0.254 e. The average Bonchev–Trinajstić information content (AvgIpc) is 2.81. The van der Waals surface area contributed by atoms with Crippen LogP contribution in [0.25, 0.3) is 11.1 Å². The fourth-order valence-electron chi connectivity index (χ4n) is 4.04. The number of hydrogen-bond acceptors (Lipinski definition) is 4. The molecule has 0 radical (unpaired) electrons. The maximum absolute atomic E-state index is 13.6. The lowest BCUT2D eigenvalue weighted by Crippen LogP contribution is -2.39. The number of aromatic nitrogens is 3. The summed E-state index contributed by atoms with van der Waals surface area (Å²) >= 11 is 5.94. The molecule has 1 amide bonds. The molecular formula is C24H24ClFN4O. The van der Waals surface area contributed by atoms with E-state index in [-0.39, 0.29) is 17.0 Å². The van der Waals surface area contributed by atoms with Gasteiger partial charge in [0, 0.05) is 42.7 Å². The SMILES string of the molecule is CCCc1ncc(-c2ccncc2)c([C@@H]2CCCCN2C(=O)c2ccc(F)c(Cl)c2)n1. The number of piperidine rings is 1. The van der Waals surface area contributed by atoms with Crippen molar-refractivity contribution in [3.8, 4) is 11.1 Å². The number of carbonyl (C=O) groups is 1. The van der Waals surface area contributed by atoms with Crippen molar-refractivity contribution >= 4 is 17.5 Å². The summed E-state index contributed by atoms with van der Waals surface area (Å²) in [5.41, 5.74) is 3.11. The molecule has 0 unspecified atom stereocenters. The van der Waals surface area contributed by atoms with Gasteiger partial charge in [-0.05, 0) is 61.6 Å².